The molecule has 0 spiro atoms. The summed E-state index contributed by atoms with van der Waals surface area (Å²) in [5.41, 5.74) is 0. The summed E-state index contributed by atoms with van der Waals surface area (Å²) >= 11 is 1.74. The van der Waals surface area contributed by atoms with Gasteiger partial charge >= 0.3 is 0 Å². The normalized spacial score (nSPS) is 14.4. The Bertz CT molecular complexity index is 641. The number of anilines is 1. The van der Waals surface area contributed by atoms with Crippen LogP contribution in [0.1, 0.15) is 6.42 Å². The highest BCUT2D eigenvalue weighted by atomic mass is 35.5. The first kappa shape index (κ1) is 18.7. The highest BCUT2D eigenvalue weighted by Gasteiger charge is 2.22. The van der Waals surface area contributed by atoms with Gasteiger partial charge in [-0.25, -0.2) is 4.98 Å². The molecule has 1 aromatic carbocycles. The van der Waals surface area contributed by atoms with Crippen molar-refractivity contribution < 1.29 is 4.79 Å². The minimum absolute atomic E-state index is 0. The molecule has 2 aromatic rings. The average molecular weight is 367 g/mol. The topological polar surface area (TPSA) is 41.4 Å². The lowest BCUT2D eigenvalue weighted by atomic mass is 10.3. The Labute approximate surface area is 153 Å². The summed E-state index contributed by atoms with van der Waals surface area (Å²) in [6, 6.07) is 10.2. The van der Waals surface area contributed by atoms with E-state index in [0.29, 0.717) is 6.42 Å². The minimum atomic E-state index is 0. The van der Waals surface area contributed by atoms with E-state index in [4.69, 9.17) is 0 Å². The van der Waals surface area contributed by atoms with E-state index >= 15 is 0 Å². The predicted molar refractivity (Wildman–Crippen MR) is 101 cm³/mol. The van der Waals surface area contributed by atoms with Crippen molar-refractivity contribution in [3.05, 3.63) is 42.7 Å². The number of rotatable bonds is 5. The molecule has 1 fully saturated rings. The molecule has 0 atom stereocenters. The van der Waals surface area contributed by atoms with Gasteiger partial charge in [-0.05, 0) is 12.1 Å². The summed E-state index contributed by atoms with van der Waals surface area (Å²) in [6.45, 7) is 3.26. The van der Waals surface area contributed by atoms with Crippen molar-refractivity contribution in [2.45, 2.75) is 11.3 Å². The number of aryl methyl sites for hydroxylation is 1. The number of carbonyl (C=O) groups is 1. The van der Waals surface area contributed by atoms with E-state index < -0.39 is 0 Å². The molecule has 0 saturated carbocycles. The second-order valence-electron chi connectivity index (χ2n) is 5.62. The monoisotopic (exact) mass is 366 g/mol. The number of hydrogen-bond donors (Lipinski definition) is 0. The van der Waals surface area contributed by atoms with Crippen LogP contribution >= 0.6 is 24.2 Å². The molecule has 0 bridgehead atoms. The van der Waals surface area contributed by atoms with Gasteiger partial charge in [-0.3, -0.25) is 4.79 Å². The number of benzene rings is 1. The molecule has 1 aliphatic rings. The second-order valence-corrected chi connectivity index (χ2v) is 6.79. The molecule has 1 aromatic heterocycles. The van der Waals surface area contributed by atoms with Crippen LogP contribution in [0, 0.1) is 0 Å². The van der Waals surface area contributed by atoms with Gasteiger partial charge in [0.2, 0.25) is 11.9 Å². The van der Waals surface area contributed by atoms with E-state index in [1.165, 1.54) is 4.90 Å². The lowest BCUT2D eigenvalue weighted by molar-refractivity contribution is -0.131. The summed E-state index contributed by atoms with van der Waals surface area (Å²) < 4.78 is 2.02. The van der Waals surface area contributed by atoms with Crippen molar-refractivity contribution in [3.63, 3.8) is 0 Å². The largest absolute Gasteiger partial charge is 0.339 e. The van der Waals surface area contributed by atoms with Crippen LogP contribution in [-0.2, 0) is 11.8 Å². The number of nitrogens with zero attached hydrogens (tertiary/aromatic N) is 4. The molecule has 3 rings (SSSR count). The molecule has 7 heteroatoms. The smallest absolute Gasteiger partial charge is 0.223 e. The first-order valence-corrected chi connectivity index (χ1v) is 8.90. The summed E-state index contributed by atoms with van der Waals surface area (Å²) in [5.74, 6) is 2.08. The van der Waals surface area contributed by atoms with Gasteiger partial charge in [0.15, 0.2) is 0 Å². The first-order chi connectivity index (χ1) is 11.2. The third kappa shape index (κ3) is 4.68. The third-order valence-corrected chi connectivity index (χ3v) is 5.05. The van der Waals surface area contributed by atoms with Crippen LogP contribution in [0.2, 0.25) is 0 Å². The highest BCUT2D eigenvalue weighted by Crippen LogP contribution is 2.19. The number of aromatic nitrogens is 2. The van der Waals surface area contributed by atoms with Crippen LogP contribution in [-0.4, -0.2) is 52.3 Å². The zero-order chi connectivity index (χ0) is 16.1. The standard InChI is InChI=1S/C17H22N4OS.ClH/c1-19-9-8-18-17(19)21-12-10-20(11-13-21)16(22)7-14-23-15-5-3-2-4-6-15;/h2-6,8-9H,7,10-14H2,1H3;1H. The van der Waals surface area contributed by atoms with Gasteiger partial charge in [-0.2, -0.15) is 0 Å². The second kappa shape index (κ2) is 8.99. The van der Waals surface area contributed by atoms with Gasteiger partial charge in [0.05, 0.1) is 0 Å². The van der Waals surface area contributed by atoms with E-state index in [1.54, 1.807) is 11.8 Å². The van der Waals surface area contributed by atoms with Crippen LogP contribution in [0.5, 0.6) is 0 Å². The van der Waals surface area contributed by atoms with E-state index in [-0.39, 0.29) is 18.3 Å². The molecule has 0 N–H and O–H groups in total. The Morgan fingerprint density at radius 1 is 1.17 bits per heavy atom. The van der Waals surface area contributed by atoms with Gasteiger partial charge in [-0.1, -0.05) is 18.2 Å². The molecular formula is C17H23ClN4OS. The van der Waals surface area contributed by atoms with Crippen molar-refractivity contribution in [2.75, 3.05) is 36.8 Å². The van der Waals surface area contributed by atoms with E-state index in [2.05, 4.69) is 22.0 Å². The number of piperazine rings is 1. The Kier molecular flexibility index (Phi) is 6.99. The SMILES string of the molecule is Cl.Cn1ccnc1N1CCN(C(=O)CCSc2ccccc2)CC1. The molecule has 0 aliphatic carbocycles. The van der Waals surface area contributed by atoms with Crippen LogP contribution in [0.25, 0.3) is 0 Å². The lowest BCUT2D eigenvalue weighted by Crippen LogP contribution is -2.49. The molecule has 1 amide bonds. The maximum Gasteiger partial charge on any atom is 0.223 e. The minimum Gasteiger partial charge on any atom is -0.339 e. The fourth-order valence-electron chi connectivity index (χ4n) is 2.75. The van der Waals surface area contributed by atoms with E-state index in [9.17, 15) is 4.79 Å². The van der Waals surface area contributed by atoms with Gasteiger partial charge in [0.25, 0.3) is 0 Å². The van der Waals surface area contributed by atoms with Crippen molar-refractivity contribution in [1.29, 1.82) is 0 Å². The number of thioether (sulfide) groups is 1. The van der Waals surface area contributed by atoms with Crippen LogP contribution in [0.15, 0.2) is 47.6 Å². The first-order valence-electron chi connectivity index (χ1n) is 7.92. The van der Waals surface area contributed by atoms with E-state index in [1.807, 2.05) is 47.1 Å². The third-order valence-electron chi connectivity index (χ3n) is 4.04. The zero-order valence-electron chi connectivity index (χ0n) is 13.8. The molecular weight excluding hydrogens is 344 g/mol. The Balaban J connectivity index is 0.00000208. The number of hydrogen-bond acceptors (Lipinski definition) is 4. The zero-order valence-corrected chi connectivity index (χ0v) is 15.4. The molecule has 24 heavy (non-hydrogen) atoms. The van der Waals surface area contributed by atoms with Crippen molar-refractivity contribution >= 4 is 36.0 Å². The van der Waals surface area contributed by atoms with Crippen LogP contribution < -0.4 is 4.90 Å². The molecule has 130 valence electrons. The number of halogens is 1. The quantitative estimate of drug-likeness (QED) is 0.763. The summed E-state index contributed by atoms with van der Waals surface area (Å²) in [6.07, 6.45) is 4.36. The highest BCUT2D eigenvalue weighted by molar-refractivity contribution is 7.99. The van der Waals surface area contributed by atoms with Crippen molar-refractivity contribution in [2.24, 2.45) is 7.05 Å². The van der Waals surface area contributed by atoms with Gasteiger partial charge in [0.1, 0.15) is 0 Å². The van der Waals surface area contributed by atoms with Gasteiger partial charge in [0, 0.05) is 62.7 Å². The molecule has 2 heterocycles. The molecule has 1 saturated heterocycles. The number of amides is 1. The summed E-state index contributed by atoms with van der Waals surface area (Å²) in [5, 5.41) is 0. The predicted octanol–water partition coefficient (Wildman–Crippen LogP) is 2.67. The number of imidazole rings is 1. The molecule has 0 unspecified atom stereocenters. The maximum absolute atomic E-state index is 12.3. The van der Waals surface area contributed by atoms with E-state index in [0.717, 1.165) is 37.9 Å². The Hall–Kier alpha value is -1.66. The Morgan fingerprint density at radius 2 is 1.88 bits per heavy atom. The number of carbonyl (C=O) groups excluding carboxylic acids is 1. The van der Waals surface area contributed by atoms with Crippen LogP contribution in [0.4, 0.5) is 5.95 Å². The summed E-state index contributed by atoms with van der Waals surface area (Å²) in [4.78, 5) is 22.1. The molecule has 0 radical (unpaired) electrons. The average Bonchev–Trinajstić information content (AvgIpc) is 3.02. The molecule has 5 nitrogen and oxygen atoms in total. The van der Waals surface area contributed by atoms with Gasteiger partial charge < -0.3 is 14.4 Å². The summed E-state index contributed by atoms with van der Waals surface area (Å²) in [7, 11) is 2.00. The lowest BCUT2D eigenvalue weighted by Gasteiger charge is -2.35. The van der Waals surface area contributed by atoms with Crippen molar-refractivity contribution in [3.8, 4) is 0 Å². The van der Waals surface area contributed by atoms with Crippen molar-refractivity contribution in [1.82, 2.24) is 14.5 Å². The fraction of sp³-hybridized carbons (Fsp3) is 0.412. The molecule has 1 aliphatic heterocycles. The van der Waals surface area contributed by atoms with Crippen LogP contribution in [0.3, 0.4) is 0 Å². The Morgan fingerprint density at radius 3 is 2.50 bits per heavy atom. The maximum atomic E-state index is 12.3. The fourth-order valence-corrected chi connectivity index (χ4v) is 3.61. The van der Waals surface area contributed by atoms with Gasteiger partial charge in [-0.15, -0.1) is 24.2 Å².